The van der Waals surface area contributed by atoms with Crippen molar-refractivity contribution in [2.45, 2.75) is 36.7 Å². The Labute approximate surface area is 107 Å². The fourth-order valence-electron chi connectivity index (χ4n) is 2.26. The van der Waals surface area contributed by atoms with E-state index in [0.29, 0.717) is 16.3 Å². The number of halogens is 1. The SMILES string of the molecule is Nc1ccc(CS(=O)(=O)C2CCCC2)c(Cl)c1. The summed E-state index contributed by atoms with van der Waals surface area (Å²) >= 11 is 6.00. The molecule has 0 spiro atoms. The molecule has 1 saturated carbocycles. The highest BCUT2D eigenvalue weighted by molar-refractivity contribution is 7.91. The van der Waals surface area contributed by atoms with Crippen LogP contribution in [0.15, 0.2) is 18.2 Å². The first kappa shape index (κ1) is 12.7. The summed E-state index contributed by atoms with van der Waals surface area (Å²) in [6.45, 7) is 0. The minimum absolute atomic E-state index is 0.0246. The van der Waals surface area contributed by atoms with Gasteiger partial charge in [-0.1, -0.05) is 30.5 Å². The summed E-state index contributed by atoms with van der Waals surface area (Å²) in [6, 6.07) is 4.98. The molecule has 2 N–H and O–H groups in total. The van der Waals surface area contributed by atoms with E-state index in [0.717, 1.165) is 25.7 Å². The fourth-order valence-corrected chi connectivity index (χ4v) is 4.57. The van der Waals surface area contributed by atoms with Gasteiger partial charge < -0.3 is 5.73 Å². The Hall–Kier alpha value is -0.740. The molecule has 1 aromatic carbocycles. The summed E-state index contributed by atoms with van der Waals surface area (Å²) in [4.78, 5) is 0. The summed E-state index contributed by atoms with van der Waals surface area (Å²) in [6.07, 6.45) is 3.60. The predicted molar refractivity (Wildman–Crippen MR) is 70.7 cm³/mol. The average Bonchev–Trinajstić information content (AvgIpc) is 2.76. The van der Waals surface area contributed by atoms with Crippen LogP contribution in [0.5, 0.6) is 0 Å². The molecule has 0 aromatic heterocycles. The zero-order chi connectivity index (χ0) is 12.5. The molecule has 3 nitrogen and oxygen atoms in total. The number of rotatable bonds is 3. The van der Waals surface area contributed by atoms with Crippen LogP contribution in [0.2, 0.25) is 5.02 Å². The quantitative estimate of drug-likeness (QED) is 0.862. The third-order valence-electron chi connectivity index (χ3n) is 3.24. The lowest BCUT2D eigenvalue weighted by Crippen LogP contribution is -2.19. The van der Waals surface area contributed by atoms with Gasteiger partial charge in [0.15, 0.2) is 9.84 Å². The van der Waals surface area contributed by atoms with Gasteiger partial charge >= 0.3 is 0 Å². The lowest BCUT2D eigenvalue weighted by Gasteiger charge is -2.12. The lowest BCUT2D eigenvalue weighted by atomic mass is 10.2. The van der Waals surface area contributed by atoms with Gasteiger partial charge in [-0.15, -0.1) is 0 Å². The van der Waals surface area contributed by atoms with Gasteiger partial charge in [0, 0.05) is 10.7 Å². The van der Waals surface area contributed by atoms with Crippen LogP contribution in [0.25, 0.3) is 0 Å². The molecule has 0 radical (unpaired) electrons. The Morgan fingerprint density at radius 1 is 1.29 bits per heavy atom. The molecule has 0 heterocycles. The third kappa shape index (κ3) is 2.93. The van der Waals surface area contributed by atoms with E-state index in [4.69, 9.17) is 17.3 Å². The zero-order valence-corrected chi connectivity index (χ0v) is 11.1. The van der Waals surface area contributed by atoms with Gasteiger partial charge in [0.25, 0.3) is 0 Å². The number of anilines is 1. The molecule has 0 saturated heterocycles. The molecule has 1 fully saturated rings. The molecule has 2 rings (SSSR count). The Kier molecular flexibility index (Phi) is 3.64. The van der Waals surface area contributed by atoms with Crippen LogP contribution in [-0.4, -0.2) is 13.7 Å². The summed E-state index contributed by atoms with van der Waals surface area (Å²) in [5.74, 6) is 0.0246. The Morgan fingerprint density at radius 2 is 1.94 bits per heavy atom. The topological polar surface area (TPSA) is 60.2 Å². The maximum Gasteiger partial charge on any atom is 0.157 e. The number of nitrogen functional groups attached to an aromatic ring is 1. The number of sulfone groups is 1. The van der Waals surface area contributed by atoms with Crippen molar-refractivity contribution in [2.24, 2.45) is 0 Å². The van der Waals surface area contributed by atoms with Crippen LogP contribution in [0.4, 0.5) is 5.69 Å². The summed E-state index contributed by atoms with van der Waals surface area (Å²) in [5.41, 5.74) is 6.78. The van der Waals surface area contributed by atoms with Crippen LogP contribution in [0.1, 0.15) is 31.2 Å². The molecule has 1 aliphatic carbocycles. The monoisotopic (exact) mass is 273 g/mol. The molecular formula is C12H16ClNO2S. The molecule has 17 heavy (non-hydrogen) atoms. The van der Waals surface area contributed by atoms with Crippen LogP contribution in [-0.2, 0) is 15.6 Å². The molecule has 0 bridgehead atoms. The molecule has 0 aliphatic heterocycles. The van der Waals surface area contributed by atoms with Gasteiger partial charge in [-0.05, 0) is 30.5 Å². The van der Waals surface area contributed by atoms with Crippen molar-refractivity contribution in [1.82, 2.24) is 0 Å². The Morgan fingerprint density at radius 3 is 2.53 bits per heavy atom. The van der Waals surface area contributed by atoms with Gasteiger partial charge in [0.05, 0.1) is 11.0 Å². The average molecular weight is 274 g/mol. The van der Waals surface area contributed by atoms with Crippen LogP contribution < -0.4 is 5.73 Å². The number of nitrogens with two attached hydrogens (primary N) is 1. The highest BCUT2D eigenvalue weighted by atomic mass is 35.5. The zero-order valence-electron chi connectivity index (χ0n) is 9.52. The van der Waals surface area contributed by atoms with Crippen molar-refractivity contribution in [3.8, 4) is 0 Å². The highest BCUT2D eigenvalue weighted by Crippen LogP contribution is 2.29. The predicted octanol–water partition coefficient (Wildman–Crippen LogP) is 2.78. The van der Waals surface area contributed by atoms with E-state index in [1.54, 1.807) is 18.2 Å². The van der Waals surface area contributed by atoms with Crippen molar-refractivity contribution in [2.75, 3.05) is 5.73 Å². The normalized spacial score (nSPS) is 17.5. The lowest BCUT2D eigenvalue weighted by molar-refractivity contribution is 0.579. The Balaban J connectivity index is 2.19. The molecule has 0 atom stereocenters. The number of hydrogen-bond acceptors (Lipinski definition) is 3. The van der Waals surface area contributed by atoms with Gasteiger partial charge in [0.2, 0.25) is 0 Å². The van der Waals surface area contributed by atoms with Crippen LogP contribution in [0, 0.1) is 0 Å². The molecule has 0 unspecified atom stereocenters. The largest absolute Gasteiger partial charge is 0.399 e. The van der Waals surface area contributed by atoms with Crippen molar-refractivity contribution in [3.63, 3.8) is 0 Å². The second-order valence-corrected chi connectivity index (χ2v) is 7.25. The fraction of sp³-hybridized carbons (Fsp3) is 0.500. The first-order valence-corrected chi connectivity index (χ1v) is 7.84. The van der Waals surface area contributed by atoms with Crippen LogP contribution >= 0.6 is 11.6 Å². The van der Waals surface area contributed by atoms with Gasteiger partial charge in [0.1, 0.15) is 0 Å². The molecular weight excluding hydrogens is 258 g/mol. The summed E-state index contributed by atoms with van der Waals surface area (Å²) in [7, 11) is -3.07. The van der Waals surface area contributed by atoms with E-state index in [9.17, 15) is 8.42 Å². The second kappa shape index (κ2) is 4.86. The minimum atomic E-state index is -3.07. The molecule has 0 amide bonds. The smallest absolute Gasteiger partial charge is 0.157 e. The van der Waals surface area contributed by atoms with Crippen LogP contribution in [0.3, 0.4) is 0 Å². The van der Waals surface area contributed by atoms with E-state index >= 15 is 0 Å². The molecule has 1 aliphatic rings. The minimum Gasteiger partial charge on any atom is -0.399 e. The van der Waals surface area contributed by atoms with E-state index in [1.165, 1.54) is 0 Å². The number of hydrogen-bond donors (Lipinski definition) is 1. The molecule has 5 heteroatoms. The van der Waals surface area contributed by atoms with Gasteiger partial charge in [-0.3, -0.25) is 0 Å². The summed E-state index contributed by atoms with van der Waals surface area (Å²) in [5, 5.41) is 0.252. The second-order valence-electron chi connectivity index (χ2n) is 4.56. The summed E-state index contributed by atoms with van der Waals surface area (Å²) < 4.78 is 24.3. The Bertz CT molecular complexity index is 507. The number of benzene rings is 1. The van der Waals surface area contributed by atoms with E-state index < -0.39 is 9.84 Å². The first-order valence-electron chi connectivity index (χ1n) is 5.74. The van der Waals surface area contributed by atoms with E-state index in [-0.39, 0.29) is 11.0 Å². The highest BCUT2D eigenvalue weighted by Gasteiger charge is 2.29. The molecule has 94 valence electrons. The maximum absolute atomic E-state index is 12.1. The van der Waals surface area contributed by atoms with Crippen molar-refractivity contribution >= 4 is 27.1 Å². The van der Waals surface area contributed by atoms with Crippen molar-refractivity contribution < 1.29 is 8.42 Å². The van der Waals surface area contributed by atoms with E-state index in [2.05, 4.69) is 0 Å². The standard InChI is InChI=1S/C12H16ClNO2S/c13-12-7-10(14)6-5-9(12)8-17(15,16)11-3-1-2-4-11/h5-7,11H,1-4,8,14H2. The van der Waals surface area contributed by atoms with E-state index in [1.807, 2.05) is 0 Å². The third-order valence-corrected chi connectivity index (χ3v) is 5.80. The van der Waals surface area contributed by atoms with Crippen molar-refractivity contribution in [1.29, 1.82) is 0 Å². The van der Waals surface area contributed by atoms with Crippen molar-refractivity contribution in [3.05, 3.63) is 28.8 Å². The molecule has 1 aromatic rings. The maximum atomic E-state index is 12.1. The van der Waals surface area contributed by atoms with Gasteiger partial charge in [-0.2, -0.15) is 0 Å². The first-order chi connectivity index (χ1) is 7.99. The van der Waals surface area contributed by atoms with Gasteiger partial charge in [-0.25, -0.2) is 8.42 Å².